The summed E-state index contributed by atoms with van der Waals surface area (Å²) < 4.78 is 14.2. The second-order valence-electron chi connectivity index (χ2n) is 9.09. The van der Waals surface area contributed by atoms with E-state index in [4.69, 9.17) is 33.3 Å². The van der Waals surface area contributed by atoms with Gasteiger partial charge in [0.1, 0.15) is 12.4 Å². The van der Waals surface area contributed by atoms with E-state index in [0.29, 0.717) is 29.1 Å². The summed E-state index contributed by atoms with van der Waals surface area (Å²) in [4.78, 5) is 6.81. The van der Waals surface area contributed by atoms with Crippen LogP contribution in [0.25, 0.3) is 5.69 Å². The maximum absolute atomic E-state index is 6.66. The van der Waals surface area contributed by atoms with Gasteiger partial charge in [-0.2, -0.15) is 0 Å². The van der Waals surface area contributed by atoms with Crippen molar-refractivity contribution in [2.24, 2.45) is 0 Å². The number of hydrogen-bond acceptors (Lipinski definition) is 4. The van der Waals surface area contributed by atoms with Gasteiger partial charge < -0.3 is 24.3 Å². The predicted octanol–water partition coefficient (Wildman–Crippen LogP) is 7.11. The number of aromatic nitrogens is 2. The number of nitrogens with zero attached hydrogens (tertiary/aromatic N) is 3. The molecule has 6 nitrogen and oxygen atoms in total. The van der Waals surface area contributed by atoms with Crippen molar-refractivity contribution in [3.63, 3.8) is 0 Å². The Morgan fingerprint density at radius 3 is 2.47 bits per heavy atom. The monoisotopic (exact) mass is 610 g/mol. The lowest BCUT2D eigenvalue weighted by molar-refractivity contribution is 0.146. The fourth-order valence-electron chi connectivity index (χ4n) is 5.02. The average Bonchev–Trinajstić information content (AvgIpc) is 3.41. The molecule has 0 aliphatic carbocycles. The molecule has 1 aliphatic rings. The van der Waals surface area contributed by atoms with Crippen molar-refractivity contribution in [3.8, 4) is 11.4 Å². The number of aryl methyl sites for hydroxylation is 1. The summed E-state index contributed by atoms with van der Waals surface area (Å²) in [6.07, 6.45) is 1.81. The van der Waals surface area contributed by atoms with Gasteiger partial charge in [0.25, 0.3) is 0 Å². The number of methoxy groups -OCH3 is 1. The molecule has 0 bridgehead atoms. The van der Waals surface area contributed by atoms with Gasteiger partial charge in [-0.1, -0.05) is 33.6 Å². The Balaban J connectivity index is 1.60. The van der Waals surface area contributed by atoms with Crippen molar-refractivity contribution < 1.29 is 9.47 Å². The van der Waals surface area contributed by atoms with E-state index in [1.54, 1.807) is 7.11 Å². The SMILES string of the molecule is COCCOc1ccc(N2C(=S)N[C@H](c3ccccn3)[C@H]2c2cc(C)n(-c3ccc(Br)cc3)c2C)cc1Cl. The van der Waals surface area contributed by atoms with Gasteiger partial charge in [0.05, 0.1) is 29.4 Å². The molecule has 1 fully saturated rings. The lowest BCUT2D eigenvalue weighted by atomic mass is 9.96. The van der Waals surface area contributed by atoms with E-state index in [-0.39, 0.29) is 12.1 Å². The van der Waals surface area contributed by atoms with Gasteiger partial charge >= 0.3 is 0 Å². The van der Waals surface area contributed by atoms with Crippen LogP contribution in [0.1, 0.15) is 34.7 Å². The minimum Gasteiger partial charge on any atom is -0.490 e. The summed E-state index contributed by atoms with van der Waals surface area (Å²) in [6, 6.07) is 22.0. The van der Waals surface area contributed by atoms with Crippen LogP contribution in [0.3, 0.4) is 0 Å². The zero-order valence-corrected chi connectivity index (χ0v) is 24.5. The summed E-state index contributed by atoms with van der Waals surface area (Å²) in [5.74, 6) is 0.608. The van der Waals surface area contributed by atoms with Crippen LogP contribution in [0.15, 0.2) is 77.4 Å². The lowest BCUT2D eigenvalue weighted by Crippen LogP contribution is -2.29. The van der Waals surface area contributed by atoms with E-state index in [1.165, 1.54) is 0 Å². The standard InChI is InChI=1S/C29H28BrClN4O2S/c1-18-16-23(19(2)34(18)21-9-7-20(30)8-10-21)28-27(25-6-4-5-13-32-25)33-29(38)35(28)22-11-12-26(24(31)17-22)37-15-14-36-3/h4-13,16-17,27-28H,14-15H2,1-3H3,(H,33,38)/t27-,28-/m1/s1. The van der Waals surface area contributed by atoms with Crippen molar-refractivity contribution in [2.75, 3.05) is 25.2 Å². The first kappa shape index (κ1) is 26.7. The quantitative estimate of drug-likeness (QED) is 0.169. The van der Waals surface area contributed by atoms with Crippen molar-refractivity contribution >= 4 is 50.5 Å². The molecule has 9 heteroatoms. The highest BCUT2D eigenvalue weighted by Gasteiger charge is 2.42. The number of rotatable bonds is 8. The summed E-state index contributed by atoms with van der Waals surface area (Å²) >= 11 is 16.1. The van der Waals surface area contributed by atoms with Crippen LogP contribution < -0.4 is 15.0 Å². The summed E-state index contributed by atoms with van der Waals surface area (Å²) in [5.41, 5.74) is 6.33. The molecule has 38 heavy (non-hydrogen) atoms. The smallest absolute Gasteiger partial charge is 0.174 e. The van der Waals surface area contributed by atoms with Gasteiger partial charge in [0.2, 0.25) is 0 Å². The van der Waals surface area contributed by atoms with Crippen LogP contribution in [0.2, 0.25) is 5.02 Å². The molecule has 4 aromatic rings. The van der Waals surface area contributed by atoms with Gasteiger partial charge in [-0.3, -0.25) is 4.98 Å². The Kier molecular flexibility index (Phi) is 8.04. The highest BCUT2D eigenvalue weighted by molar-refractivity contribution is 9.10. The molecular formula is C29H28BrClN4O2S. The van der Waals surface area contributed by atoms with Crippen LogP contribution >= 0.6 is 39.7 Å². The van der Waals surface area contributed by atoms with Gasteiger partial charge in [-0.05, 0) is 92.3 Å². The molecule has 2 aromatic heterocycles. The van der Waals surface area contributed by atoms with Crippen molar-refractivity contribution in [1.82, 2.24) is 14.9 Å². The van der Waals surface area contributed by atoms with E-state index >= 15 is 0 Å². The third-order valence-electron chi connectivity index (χ3n) is 6.71. The van der Waals surface area contributed by atoms with E-state index in [1.807, 2.05) is 42.6 Å². The number of nitrogens with one attached hydrogen (secondary N) is 1. The highest BCUT2D eigenvalue weighted by Crippen LogP contribution is 2.45. The minimum absolute atomic E-state index is 0.149. The summed E-state index contributed by atoms with van der Waals surface area (Å²) in [7, 11) is 1.64. The van der Waals surface area contributed by atoms with Crippen LogP contribution in [0.4, 0.5) is 5.69 Å². The molecule has 2 aromatic carbocycles. The van der Waals surface area contributed by atoms with Gasteiger partial charge in [0, 0.05) is 40.5 Å². The number of halogens is 2. The van der Waals surface area contributed by atoms with Crippen molar-refractivity contribution in [3.05, 3.63) is 105 Å². The summed E-state index contributed by atoms with van der Waals surface area (Å²) in [5, 5.41) is 4.66. The molecule has 0 saturated carbocycles. The average molecular weight is 612 g/mol. The van der Waals surface area contributed by atoms with Gasteiger partial charge in [-0.25, -0.2) is 0 Å². The second kappa shape index (κ2) is 11.5. The van der Waals surface area contributed by atoms with Crippen LogP contribution in [-0.4, -0.2) is 35.0 Å². The number of thiocarbonyl (C=S) groups is 1. The highest BCUT2D eigenvalue weighted by atomic mass is 79.9. The number of pyridine rings is 1. The Hall–Kier alpha value is -2.91. The molecule has 5 rings (SSSR count). The third-order valence-corrected chi connectivity index (χ3v) is 7.85. The number of anilines is 1. The fourth-order valence-corrected chi connectivity index (χ4v) is 5.85. The molecule has 2 atom stereocenters. The van der Waals surface area contributed by atoms with Gasteiger partial charge in [0.15, 0.2) is 5.11 Å². The van der Waals surface area contributed by atoms with Crippen LogP contribution in [-0.2, 0) is 4.74 Å². The van der Waals surface area contributed by atoms with Crippen LogP contribution in [0.5, 0.6) is 5.75 Å². The molecule has 1 saturated heterocycles. The second-order valence-corrected chi connectivity index (χ2v) is 10.8. The van der Waals surface area contributed by atoms with E-state index in [9.17, 15) is 0 Å². The number of ether oxygens (including phenoxy) is 2. The Morgan fingerprint density at radius 1 is 1.03 bits per heavy atom. The molecule has 3 heterocycles. The van der Waals surface area contributed by atoms with E-state index < -0.39 is 0 Å². The van der Waals surface area contributed by atoms with E-state index in [0.717, 1.165) is 38.5 Å². The Labute approximate surface area is 241 Å². The lowest BCUT2D eigenvalue weighted by Gasteiger charge is -2.28. The normalized spacial score (nSPS) is 17.1. The van der Waals surface area contributed by atoms with Crippen LogP contribution in [0, 0.1) is 13.8 Å². The number of hydrogen-bond donors (Lipinski definition) is 1. The topological polar surface area (TPSA) is 51.6 Å². The third kappa shape index (κ3) is 5.18. The zero-order chi connectivity index (χ0) is 26.8. The molecular weight excluding hydrogens is 584 g/mol. The molecule has 1 aliphatic heterocycles. The first-order chi connectivity index (χ1) is 18.4. The number of benzene rings is 2. The molecule has 0 radical (unpaired) electrons. The first-order valence-corrected chi connectivity index (χ1v) is 13.8. The molecule has 1 N–H and O–H groups in total. The maximum Gasteiger partial charge on any atom is 0.174 e. The zero-order valence-electron chi connectivity index (χ0n) is 21.3. The molecule has 0 spiro atoms. The van der Waals surface area contributed by atoms with Gasteiger partial charge in [-0.15, -0.1) is 0 Å². The van der Waals surface area contributed by atoms with Crippen molar-refractivity contribution in [2.45, 2.75) is 25.9 Å². The molecule has 0 amide bonds. The summed E-state index contributed by atoms with van der Waals surface area (Å²) in [6.45, 7) is 5.19. The fraction of sp³-hybridized carbons (Fsp3) is 0.241. The van der Waals surface area contributed by atoms with Crippen molar-refractivity contribution in [1.29, 1.82) is 0 Å². The Morgan fingerprint density at radius 2 is 1.79 bits per heavy atom. The molecule has 0 unspecified atom stereocenters. The molecule has 196 valence electrons. The maximum atomic E-state index is 6.66. The van der Waals surface area contributed by atoms with E-state index in [2.05, 4.69) is 79.9 Å². The minimum atomic E-state index is -0.154. The Bertz CT molecular complexity index is 1450. The predicted molar refractivity (Wildman–Crippen MR) is 160 cm³/mol. The first-order valence-electron chi connectivity index (χ1n) is 12.3. The largest absolute Gasteiger partial charge is 0.490 e.